The van der Waals surface area contributed by atoms with Crippen molar-refractivity contribution in [3.63, 3.8) is 0 Å². The molecule has 2 aliphatic rings. The van der Waals surface area contributed by atoms with Crippen LogP contribution in [0, 0.1) is 22.7 Å². The fourth-order valence-corrected chi connectivity index (χ4v) is 5.47. The van der Waals surface area contributed by atoms with E-state index < -0.39 is 34.4 Å². The molecule has 1 heterocycles. The summed E-state index contributed by atoms with van der Waals surface area (Å²) in [7, 11) is 0. The molecule has 1 aromatic heterocycles. The maximum atomic E-state index is 12.8. The first kappa shape index (κ1) is 18.3. The molecular weight excluding hydrogens is 320 g/mol. The van der Waals surface area contributed by atoms with E-state index in [-0.39, 0.29) is 11.6 Å². The highest BCUT2D eigenvalue weighted by molar-refractivity contribution is 5.92. The largest absolute Gasteiger partial charge is 0.472 e. The van der Waals surface area contributed by atoms with Crippen LogP contribution in [0.25, 0.3) is 0 Å². The molecule has 0 aromatic carbocycles. The van der Waals surface area contributed by atoms with E-state index in [2.05, 4.69) is 0 Å². The van der Waals surface area contributed by atoms with Gasteiger partial charge in [-0.15, -0.1) is 0 Å². The van der Waals surface area contributed by atoms with E-state index in [1.807, 2.05) is 13.0 Å². The maximum absolute atomic E-state index is 12.8. The second-order valence-electron chi connectivity index (χ2n) is 8.66. The summed E-state index contributed by atoms with van der Waals surface area (Å²) in [4.78, 5) is 25.2. The molecule has 3 rings (SSSR count). The average Bonchev–Trinajstić information content (AvgIpc) is 3.07. The van der Waals surface area contributed by atoms with Crippen LogP contribution in [0.3, 0.4) is 0 Å². The fraction of sp³-hybridized carbons (Fsp3) is 0.700. The van der Waals surface area contributed by atoms with Gasteiger partial charge in [0.15, 0.2) is 5.78 Å². The zero-order valence-electron chi connectivity index (χ0n) is 15.4. The van der Waals surface area contributed by atoms with Gasteiger partial charge in [0.1, 0.15) is 11.9 Å². The Balaban J connectivity index is 2.03. The van der Waals surface area contributed by atoms with Crippen LogP contribution in [0.1, 0.15) is 52.5 Å². The van der Waals surface area contributed by atoms with Gasteiger partial charge < -0.3 is 14.6 Å². The van der Waals surface area contributed by atoms with Crippen molar-refractivity contribution in [1.82, 2.24) is 0 Å². The lowest BCUT2D eigenvalue weighted by Gasteiger charge is -2.62. The summed E-state index contributed by atoms with van der Waals surface area (Å²) in [5.74, 6) is -1.58. The van der Waals surface area contributed by atoms with Crippen molar-refractivity contribution >= 4 is 11.6 Å². The van der Waals surface area contributed by atoms with Gasteiger partial charge in [0, 0.05) is 29.1 Å². The number of rotatable bonds is 3. The van der Waals surface area contributed by atoms with Gasteiger partial charge in [-0.3, -0.25) is 9.59 Å². The van der Waals surface area contributed by atoms with Crippen molar-refractivity contribution in [1.29, 1.82) is 0 Å². The SMILES string of the molecule is CC1C(=O)C(O)C2C(C)(C)C(=O)CCC2(C)C1(O)CCc1ccoc1. The van der Waals surface area contributed by atoms with Crippen LogP contribution in [-0.4, -0.2) is 33.5 Å². The average molecular weight is 348 g/mol. The molecule has 2 fully saturated rings. The maximum Gasteiger partial charge on any atom is 0.167 e. The van der Waals surface area contributed by atoms with Crippen molar-refractivity contribution in [2.24, 2.45) is 22.7 Å². The molecule has 0 bridgehead atoms. The van der Waals surface area contributed by atoms with E-state index in [0.717, 1.165) is 5.56 Å². The molecule has 5 nitrogen and oxygen atoms in total. The molecule has 2 saturated carbocycles. The number of aliphatic hydroxyl groups excluding tert-OH is 1. The molecule has 5 unspecified atom stereocenters. The van der Waals surface area contributed by atoms with E-state index in [4.69, 9.17) is 4.42 Å². The molecule has 25 heavy (non-hydrogen) atoms. The molecule has 0 amide bonds. The zero-order valence-corrected chi connectivity index (χ0v) is 15.4. The van der Waals surface area contributed by atoms with Crippen LogP contribution in [-0.2, 0) is 16.0 Å². The van der Waals surface area contributed by atoms with E-state index in [9.17, 15) is 19.8 Å². The van der Waals surface area contributed by atoms with Crippen molar-refractivity contribution in [3.8, 4) is 0 Å². The number of fused-ring (bicyclic) bond motifs is 1. The predicted molar refractivity (Wildman–Crippen MR) is 91.8 cm³/mol. The lowest BCUT2D eigenvalue weighted by molar-refractivity contribution is -0.229. The normalized spacial score (nSPS) is 40.8. The Bertz CT molecular complexity index is 676. The number of hydrogen-bond donors (Lipinski definition) is 2. The van der Waals surface area contributed by atoms with Gasteiger partial charge in [-0.2, -0.15) is 0 Å². The molecule has 5 heteroatoms. The Hall–Kier alpha value is -1.46. The number of ketones is 2. The Morgan fingerprint density at radius 2 is 1.96 bits per heavy atom. The molecular formula is C20H28O5. The summed E-state index contributed by atoms with van der Waals surface area (Å²) in [5, 5.41) is 22.4. The minimum Gasteiger partial charge on any atom is -0.472 e. The number of carbonyl (C=O) groups excluding carboxylic acids is 2. The molecule has 2 N–H and O–H groups in total. The van der Waals surface area contributed by atoms with E-state index in [1.165, 1.54) is 0 Å². The van der Waals surface area contributed by atoms with Crippen LogP contribution >= 0.6 is 0 Å². The first-order valence-electron chi connectivity index (χ1n) is 9.04. The zero-order chi connectivity index (χ0) is 18.6. The van der Waals surface area contributed by atoms with Crippen molar-refractivity contribution in [2.45, 2.75) is 65.1 Å². The third-order valence-electron chi connectivity index (χ3n) is 7.17. The first-order valence-corrected chi connectivity index (χ1v) is 9.04. The van der Waals surface area contributed by atoms with Gasteiger partial charge in [-0.05, 0) is 30.9 Å². The van der Waals surface area contributed by atoms with Crippen LogP contribution in [0.5, 0.6) is 0 Å². The van der Waals surface area contributed by atoms with E-state index in [1.54, 1.807) is 33.3 Å². The Morgan fingerprint density at radius 3 is 2.56 bits per heavy atom. The minimum absolute atomic E-state index is 0.0496. The van der Waals surface area contributed by atoms with Crippen molar-refractivity contribution < 1.29 is 24.2 Å². The number of aliphatic hydroxyl groups is 2. The third-order valence-corrected chi connectivity index (χ3v) is 7.17. The third kappa shape index (κ3) is 2.43. The van der Waals surface area contributed by atoms with Gasteiger partial charge in [0.05, 0.1) is 18.1 Å². The Morgan fingerprint density at radius 1 is 1.28 bits per heavy atom. The summed E-state index contributed by atoms with van der Waals surface area (Å²) < 4.78 is 5.10. The second kappa shape index (κ2) is 5.78. The fourth-order valence-electron chi connectivity index (χ4n) is 5.47. The Kier molecular flexibility index (Phi) is 4.24. The predicted octanol–water partition coefficient (Wildman–Crippen LogP) is 2.53. The highest BCUT2D eigenvalue weighted by atomic mass is 16.3. The van der Waals surface area contributed by atoms with E-state index >= 15 is 0 Å². The summed E-state index contributed by atoms with van der Waals surface area (Å²) in [5.41, 5.74) is -1.86. The van der Waals surface area contributed by atoms with Crippen LogP contribution in [0.15, 0.2) is 23.0 Å². The van der Waals surface area contributed by atoms with Gasteiger partial charge in [0.25, 0.3) is 0 Å². The molecule has 0 saturated heterocycles. The number of hydrogen-bond acceptors (Lipinski definition) is 5. The summed E-state index contributed by atoms with van der Waals surface area (Å²) >= 11 is 0. The molecule has 0 aliphatic heterocycles. The van der Waals surface area contributed by atoms with Gasteiger partial charge >= 0.3 is 0 Å². The van der Waals surface area contributed by atoms with Crippen LogP contribution < -0.4 is 0 Å². The number of furan rings is 1. The quantitative estimate of drug-likeness (QED) is 0.876. The molecule has 1 aromatic rings. The molecule has 138 valence electrons. The van der Waals surface area contributed by atoms with Crippen molar-refractivity contribution in [2.75, 3.05) is 0 Å². The molecule has 0 radical (unpaired) electrons. The van der Waals surface area contributed by atoms with Gasteiger partial charge in [-0.25, -0.2) is 0 Å². The first-order chi connectivity index (χ1) is 11.6. The Labute approximate surface area is 148 Å². The molecule has 2 aliphatic carbocycles. The van der Waals surface area contributed by atoms with Crippen LogP contribution in [0.4, 0.5) is 0 Å². The number of aryl methyl sites for hydroxylation is 1. The summed E-state index contributed by atoms with van der Waals surface area (Å²) in [6, 6.07) is 1.85. The standard InChI is InChI=1S/C20H28O5/c1-12-15(22)16(23)17-18(2,3)14(21)6-8-19(17,4)20(12,24)9-5-13-7-10-25-11-13/h7,10-12,16-17,23-24H,5-6,8-9H2,1-4H3. The number of carbonyl (C=O) groups is 2. The lowest BCUT2D eigenvalue weighted by Crippen LogP contribution is -2.71. The van der Waals surface area contributed by atoms with E-state index in [0.29, 0.717) is 25.7 Å². The van der Waals surface area contributed by atoms with Gasteiger partial charge in [0.2, 0.25) is 0 Å². The lowest BCUT2D eigenvalue weighted by atomic mass is 9.43. The monoisotopic (exact) mass is 348 g/mol. The smallest absolute Gasteiger partial charge is 0.167 e. The highest BCUT2D eigenvalue weighted by Gasteiger charge is 2.68. The molecule has 5 atom stereocenters. The highest BCUT2D eigenvalue weighted by Crippen LogP contribution is 2.61. The van der Waals surface area contributed by atoms with Crippen molar-refractivity contribution in [3.05, 3.63) is 24.2 Å². The molecule has 0 spiro atoms. The summed E-state index contributed by atoms with van der Waals surface area (Å²) in [6.45, 7) is 7.22. The van der Waals surface area contributed by atoms with Crippen LogP contribution in [0.2, 0.25) is 0 Å². The minimum atomic E-state index is -1.27. The topological polar surface area (TPSA) is 87.7 Å². The van der Waals surface area contributed by atoms with Gasteiger partial charge in [-0.1, -0.05) is 27.7 Å². The second-order valence-corrected chi connectivity index (χ2v) is 8.66. The summed E-state index contributed by atoms with van der Waals surface area (Å²) in [6.07, 6.45) is 3.83. The number of Topliss-reactive ketones (excluding diaryl/α,β-unsaturated/α-hetero) is 2.